The summed E-state index contributed by atoms with van der Waals surface area (Å²) in [5, 5.41) is 9.38. The van der Waals surface area contributed by atoms with Gasteiger partial charge in [0, 0.05) is 18.5 Å². The van der Waals surface area contributed by atoms with Crippen molar-refractivity contribution in [2.24, 2.45) is 0 Å². The lowest BCUT2D eigenvalue weighted by atomic mass is 10.2. The van der Waals surface area contributed by atoms with Gasteiger partial charge in [0.15, 0.2) is 0 Å². The third-order valence-corrected chi connectivity index (χ3v) is 2.96. The molecule has 18 heavy (non-hydrogen) atoms. The fourth-order valence-corrected chi connectivity index (χ4v) is 1.77. The lowest BCUT2D eigenvalue weighted by Crippen LogP contribution is -2.29. The summed E-state index contributed by atoms with van der Waals surface area (Å²) in [7, 11) is 1.84. The summed E-state index contributed by atoms with van der Waals surface area (Å²) in [6.45, 7) is 1.93. The van der Waals surface area contributed by atoms with Crippen molar-refractivity contribution >= 4 is 16.7 Å². The molecule has 0 aliphatic rings. The average molecular weight is 244 g/mol. The molecular formula is C13H13FN4. The summed E-state index contributed by atoms with van der Waals surface area (Å²) in [5.41, 5.74) is 0.692. The Hall–Kier alpha value is -2.22. The zero-order valence-electron chi connectivity index (χ0n) is 10.3. The maximum absolute atomic E-state index is 13.3. The van der Waals surface area contributed by atoms with Crippen molar-refractivity contribution in [2.45, 2.75) is 19.4 Å². The van der Waals surface area contributed by atoms with Crippen molar-refractivity contribution in [3.63, 3.8) is 0 Å². The summed E-state index contributed by atoms with van der Waals surface area (Å²) in [4.78, 5) is 10.2. The Labute approximate surface area is 105 Å². The molecule has 1 aromatic heterocycles. The van der Waals surface area contributed by atoms with Crippen molar-refractivity contribution < 1.29 is 4.39 Å². The first-order valence-corrected chi connectivity index (χ1v) is 5.63. The van der Waals surface area contributed by atoms with E-state index in [0.29, 0.717) is 23.1 Å². The van der Waals surface area contributed by atoms with Gasteiger partial charge >= 0.3 is 0 Å². The van der Waals surface area contributed by atoms with E-state index in [1.54, 1.807) is 6.07 Å². The Morgan fingerprint density at radius 3 is 2.94 bits per heavy atom. The van der Waals surface area contributed by atoms with Crippen LogP contribution >= 0.6 is 0 Å². The fraction of sp³-hybridized carbons (Fsp3) is 0.308. The van der Waals surface area contributed by atoms with E-state index in [1.807, 2.05) is 18.9 Å². The highest BCUT2D eigenvalue weighted by Crippen LogP contribution is 2.24. The van der Waals surface area contributed by atoms with Gasteiger partial charge in [-0.3, -0.25) is 0 Å². The predicted molar refractivity (Wildman–Crippen MR) is 67.6 cm³/mol. The van der Waals surface area contributed by atoms with Gasteiger partial charge in [0.1, 0.15) is 18.0 Å². The molecule has 2 aromatic rings. The van der Waals surface area contributed by atoms with Crippen LogP contribution in [0.2, 0.25) is 0 Å². The molecule has 4 nitrogen and oxygen atoms in total. The van der Waals surface area contributed by atoms with E-state index in [2.05, 4.69) is 16.0 Å². The smallest absolute Gasteiger partial charge is 0.139 e. The Kier molecular flexibility index (Phi) is 3.38. The molecule has 0 amide bonds. The number of halogens is 1. The number of anilines is 1. The Balaban J connectivity index is 2.50. The maximum atomic E-state index is 13.3. The summed E-state index contributed by atoms with van der Waals surface area (Å²) >= 11 is 0. The summed E-state index contributed by atoms with van der Waals surface area (Å²) in [6.07, 6.45) is 1.84. The number of nitriles is 1. The van der Waals surface area contributed by atoms with Crippen LogP contribution in [0.5, 0.6) is 0 Å². The van der Waals surface area contributed by atoms with E-state index in [1.165, 1.54) is 18.5 Å². The molecule has 1 heterocycles. The second-order valence-electron chi connectivity index (χ2n) is 4.18. The summed E-state index contributed by atoms with van der Waals surface area (Å²) in [6, 6.07) is 6.54. The van der Waals surface area contributed by atoms with Gasteiger partial charge in [0.05, 0.1) is 18.0 Å². The van der Waals surface area contributed by atoms with Crippen LogP contribution in [0.4, 0.5) is 10.2 Å². The van der Waals surface area contributed by atoms with Gasteiger partial charge in [0.2, 0.25) is 0 Å². The molecule has 1 unspecified atom stereocenters. The topological polar surface area (TPSA) is 52.8 Å². The molecule has 0 saturated carbocycles. The molecule has 0 saturated heterocycles. The molecule has 2 rings (SSSR count). The van der Waals surface area contributed by atoms with E-state index in [4.69, 9.17) is 5.26 Å². The minimum atomic E-state index is -0.320. The molecule has 0 N–H and O–H groups in total. The number of nitrogens with zero attached hydrogens (tertiary/aromatic N) is 4. The largest absolute Gasteiger partial charge is 0.355 e. The normalized spacial score (nSPS) is 12.1. The highest BCUT2D eigenvalue weighted by atomic mass is 19.1. The second-order valence-corrected chi connectivity index (χ2v) is 4.18. The van der Waals surface area contributed by atoms with Crippen molar-refractivity contribution in [3.8, 4) is 6.07 Å². The first-order valence-electron chi connectivity index (χ1n) is 5.63. The molecular weight excluding hydrogens is 231 g/mol. The SMILES string of the molecule is CC(CC#N)N(C)c1ncnc2ccc(F)cc12. The van der Waals surface area contributed by atoms with Gasteiger partial charge < -0.3 is 4.90 Å². The minimum Gasteiger partial charge on any atom is -0.355 e. The van der Waals surface area contributed by atoms with Crippen LogP contribution < -0.4 is 4.90 Å². The van der Waals surface area contributed by atoms with Crippen molar-refractivity contribution in [3.05, 3.63) is 30.3 Å². The highest BCUT2D eigenvalue weighted by molar-refractivity contribution is 5.89. The molecule has 0 aliphatic carbocycles. The van der Waals surface area contributed by atoms with Crippen LogP contribution in [0.15, 0.2) is 24.5 Å². The number of fused-ring (bicyclic) bond motifs is 1. The van der Waals surface area contributed by atoms with Crippen LogP contribution in [0.1, 0.15) is 13.3 Å². The molecule has 0 spiro atoms. The van der Waals surface area contributed by atoms with Crippen LogP contribution in [0, 0.1) is 17.1 Å². The van der Waals surface area contributed by atoms with Crippen LogP contribution in [-0.4, -0.2) is 23.1 Å². The molecule has 1 aromatic carbocycles. The number of benzene rings is 1. The van der Waals surface area contributed by atoms with Crippen LogP contribution in [-0.2, 0) is 0 Å². The third kappa shape index (κ3) is 2.23. The monoisotopic (exact) mass is 244 g/mol. The van der Waals surface area contributed by atoms with E-state index in [0.717, 1.165) is 0 Å². The molecule has 0 radical (unpaired) electrons. The van der Waals surface area contributed by atoms with Crippen molar-refractivity contribution in [2.75, 3.05) is 11.9 Å². The highest BCUT2D eigenvalue weighted by Gasteiger charge is 2.14. The van der Waals surface area contributed by atoms with E-state index >= 15 is 0 Å². The van der Waals surface area contributed by atoms with Gasteiger partial charge in [-0.05, 0) is 25.1 Å². The third-order valence-electron chi connectivity index (χ3n) is 2.96. The Morgan fingerprint density at radius 1 is 1.44 bits per heavy atom. The molecule has 0 aliphatic heterocycles. The maximum Gasteiger partial charge on any atom is 0.139 e. The van der Waals surface area contributed by atoms with E-state index < -0.39 is 0 Å². The number of aromatic nitrogens is 2. The van der Waals surface area contributed by atoms with E-state index in [-0.39, 0.29) is 11.9 Å². The molecule has 5 heteroatoms. The molecule has 1 atom stereocenters. The van der Waals surface area contributed by atoms with E-state index in [9.17, 15) is 4.39 Å². The first kappa shape index (κ1) is 12.2. The van der Waals surface area contributed by atoms with Gasteiger partial charge in [-0.1, -0.05) is 0 Å². The lowest BCUT2D eigenvalue weighted by molar-refractivity contribution is 0.629. The second kappa shape index (κ2) is 4.96. The first-order chi connectivity index (χ1) is 8.63. The Bertz CT molecular complexity index is 605. The molecule has 92 valence electrons. The zero-order valence-corrected chi connectivity index (χ0v) is 10.3. The van der Waals surface area contributed by atoms with Crippen molar-refractivity contribution in [1.82, 2.24) is 9.97 Å². The Morgan fingerprint density at radius 2 is 2.22 bits per heavy atom. The van der Waals surface area contributed by atoms with Crippen molar-refractivity contribution in [1.29, 1.82) is 5.26 Å². The molecule has 0 fully saturated rings. The number of hydrogen-bond donors (Lipinski definition) is 0. The zero-order chi connectivity index (χ0) is 13.1. The quantitative estimate of drug-likeness (QED) is 0.832. The van der Waals surface area contributed by atoms with Gasteiger partial charge in [0.25, 0.3) is 0 Å². The van der Waals surface area contributed by atoms with Crippen LogP contribution in [0.25, 0.3) is 10.9 Å². The minimum absolute atomic E-state index is 0.0105. The standard InChI is InChI=1S/C13H13FN4/c1-9(5-6-15)18(2)13-11-7-10(14)3-4-12(11)16-8-17-13/h3-4,7-9H,5H2,1-2H3. The summed E-state index contributed by atoms with van der Waals surface area (Å²) < 4.78 is 13.3. The lowest BCUT2D eigenvalue weighted by Gasteiger charge is -2.24. The molecule has 0 bridgehead atoms. The fourth-order valence-electron chi connectivity index (χ4n) is 1.77. The van der Waals surface area contributed by atoms with Gasteiger partial charge in [-0.2, -0.15) is 5.26 Å². The average Bonchev–Trinajstić information content (AvgIpc) is 2.37. The number of hydrogen-bond acceptors (Lipinski definition) is 4. The van der Waals surface area contributed by atoms with Crippen LogP contribution in [0.3, 0.4) is 0 Å². The summed E-state index contributed by atoms with van der Waals surface area (Å²) in [5.74, 6) is 0.321. The number of rotatable bonds is 3. The van der Waals surface area contributed by atoms with Gasteiger partial charge in [-0.25, -0.2) is 14.4 Å². The van der Waals surface area contributed by atoms with Gasteiger partial charge in [-0.15, -0.1) is 0 Å². The predicted octanol–water partition coefficient (Wildman–Crippen LogP) is 2.51.